The minimum absolute atomic E-state index is 0.0594. The molecule has 2 fully saturated rings. The van der Waals surface area contributed by atoms with E-state index in [2.05, 4.69) is 5.32 Å². The van der Waals surface area contributed by atoms with Crippen molar-refractivity contribution in [3.8, 4) is 0 Å². The first-order chi connectivity index (χ1) is 12.0. The van der Waals surface area contributed by atoms with Crippen LogP contribution >= 0.6 is 0 Å². The van der Waals surface area contributed by atoms with Gasteiger partial charge in [-0.3, -0.25) is 19.3 Å². The molecule has 8 heteroatoms. The number of carbonyl (C=O) groups excluding carboxylic acids is 3. The van der Waals surface area contributed by atoms with Crippen molar-refractivity contribution < 1.29 is 19.1 Å². The van der Waals surface area contributed by atoms with Gasteiger partial charge in [-0.15, -0.1) is 0 Å². The van der Waals surface area contributed by atoms with E-state index in [9.17, 15) is 14.4 Å². The molecule has 0 spiro atoms. The number of amides is 3. The van der Waals surface area contributed by atoms with Gasteiger partial charge in [-0.2, -0.15) is 0 Å². The average molecular weight is 346 g/mol. The zero-order valence-electron chi connectivity index (χ0n) is 13.9. The van der Waals surface area contributed by atoms with Gasteiger partial charge in [0.25, 0.3) is 0 Å². The Morgan fingerprint density at radius 2 is 2.16 bits per heavy atom. The summed E-state index contributed by atoms with van der Waals surface area (Å²) in [5, 5.41) is 2.82. The van der Waals surface area contributed by atoms with E-state index in [4.69, 9.17) is 10.5 Å². The number of nitrogens with one attached hydrogen (secondary N) is 1. The molecule has 25 heavy (non-hydrogen) atoms. The number of benzene rings is 1. The molecule has 8 nitrogen and oxygen atoms in total. The summed E-state index contributed by atoms with van der Waals surface area (Å²) in [7, 11) is 0. The second-order valence-corrected chi connectivity index (χ2v) is 6.21. The lowest BCUT2D eigenvalue weighted by Gasteiger charge is -2.32. The summed E-state index contributed by atoms with van der Waals surface area (Å²) < 4.78 is 5.24. The van der Waals surface area contributed by atoms with E-state index in [0.717, 1.165) is 12.1 Å². The third-order valence-electron chi connectivity index (χ3n) is 4.43. The zero-order chi connectivity index (χ0) is 17.8. The van der Waals surface area contributed by atoms with Gasteiger partial charge in [0.2, 0.25) is 17.7 Å². The fourth-order valence-corrected chi connectivity index (χ4v) is 3.15. The summed E-state index contributed by atoms with van der Waals surface area (Å²) in [6.07, 6.45) is 1.41. The topological polar surface area (TPSA) is 105 Å². The maximum atomic E-state index is 12.3. The summed E-state index contributed by atoms with van der Waals surface area (Å²) in [6.45, 7) is 1.90. The van der Waals surface area contributed by atoms with Crippen molar-refractivity contribution in [2.24, 2.45) is 5.73 Å². The largest absolute Gasteiger partial charge is 0.378 e. The molecule has 2 aliphatic heterocycles. The molecule has 3 amide bonds. The standard InChI is InChI=1S/C17H22N4O4/c18-17(24)14-11-25-8-7-20(14)10-15(22)19-12-3-1-4-13(9-12)21-6-2-5-16(21)23/h1,3-4,9,14H,2,5-8,10-11H2,(H2,18,24)(H,19,22)/t14-/m0/s1. The molecule has 2 heterocycles. The minimum Gasteiger partial charge on any atom is -0.378 e. The second kappa shape index (κ2) is 7.62. The molecule has 134 valence electrons. The van der Waals surface area contributed by atoms with Crippen molar-refractivity contribution >= 4 is 29.1 Å². The van der Waals surface area contributed by atoms with Gasteiger partial charge in [-0.25, -0.2) is 0 Å². The van der Waals surface area contributed by atoms with Gasteiger partial charge in [0, 0.05) is 30.9 Å². The minimum atomic E-state index is -0.590. The number of nitrogens with two attached hydrogens (primary N) is 1. The molecule has 0 aliphatic carbocycles. The predicted molar refractivity (Wildman–Crippen MR) is 92.0 cm³/mol. The molecular weight excluding hydrogens is 324 g/mol. The fraction of sp³-hybridized carbons (Fsp3) is 0.471. The molecule has 2 saturated heterocycles. The quantitative estimate of drug-likeness (QED) is 0.777. The van der Waals surface area contributed by atoms with E-state index in [-0.39, 0.29) is 25.0 Å². The maximum absolute atomic E-state index is 12.3. The number of hydrogen-bond acceptors (Lipinski definition) is 5. The van der Waals surface area contributed by atoms with Gasteiger partial charge in [0.15, 0.2) is 0 Å². The maximum Gasteiger partial charge on any atom is 0.238 e. The Kier molecular flexibility index (Phi) is 5.30. The molecule has 0 bridgehead atoms. The molecule has 2 aliphatic rings. The van der Waals surface area contributed by atoms with Gasteiger partial charge in [-0.05, 0) is 24.6 Å². The Balaban J connectivity index is 1.63. The Morgan fingerprint density at radius 3 is 2.88 bits per heavy atom. The molecule has 3 rings (SSSR count). The van der Waals surface area contributed by atoms with Crippen LogP contribution in [0, 0.1) is 0 Å². The van der Waals surface area contributed by atoms with Gasteiger partial charge < -0.3 is 20.7 Å². The summed E-state index contributed by atoms with van der Waals surface area (Å²) in [4.78, 5) is 39.1. The van der Waals surface area contributed by atoms with Crippen molar-refractivity contribution in [2.75, 3.05) is 43.1 Å². The Hall–Kier alpha value is -2.45. The van der Waals surface area contributed by atoms with Crippen LogP contribution in [0.25, 0.3) is 0 Å². The first-order valence-corrected chi connectivity index (χ1v) is 8.36. The van der Waals surface area contributed by atoms with Crippen molar-refractivity contribution in [3.05, 3.63) is 24.3 Å². The number of anilines is 2. The van der Waals surface area contributed by atoms with Gasteiger partial charge in [0.05, 0.1) is 19.8 Å². The fourth-order valence-electron chi connectivity index (χ4n) is 3.15. The van der Waals surface area contributed by atoms with E-state index in [1.54, 1.807) is 28.0 Å². The summed E-state index contributed by atoms with van der Waals surface area (Å²) in [5.74, 6) is -0.638. The number of hydrogen-bond donors (Lipinski definition) is 2. The second-order valence-electron chi connectivity index (χ2n) is 6.21. The molecular formula is C17H22N4O4. The van der Waals surface area contributed by atoms with Crippen LogP contribution in [-0.4, -0.2) is 61.5 Å². The normalized spacial score (nSPS) is 21.4. The van der Waals surface area contributed by atoms with Crippen LogP contribution in [0.5, 0.6) is 0 Å². The molecule has 0 aromatic heterocycles. The van der Waals surface area contributed by atoms with E-state index in [1.165, 1.54) is 0 Å². The number of rotatable bonds is 5. The van der Waals surface area contributed by atoms with E-state index in [1.807, 2.05) is 6.07 Å². The van der Waals surface area contributed by atoms with E-state index in [0.29, 0.717) is 31.8 Å². The third-order valence-corrected chi connectivity index (χ3v) is 4.43. The molecule has 1 aromatic carbocycles. The summed E-state index contributed by atoms with van der Waals surface area (Å²) in [5.41, 5.74) is 6.75. The number of carbonyl (C=O) groups is 3. The first kappa shape index (κ1) is 17.4. The summed E-state index contributed by atoms with van der Waals surface area (Å²) in [6, 6.07) is 6.62. The van der Waals surface area contributed by atoms with Gasteiger partial charge in [0.1, 0.15) is 6.04 Å². The monoisotopic (exact) mass is 346 g/mol. The van der Waals surface area contributed by atoms with Crippen LogP contribution in [0.1, 0.15) is 12.8 Å². The van der Waals surface area contributed by atoms with Crippen molar-refractivity contribution in [3.63, 3.8) is 0 Å². The molecule has 0 radical (unpaired) electrons. The summed E-state index contributed by atoms with van der Waals surface area (Å²) >= 11 is 0. The molecule has 1 aromatic rings. The SMILES string of the molecule is NC(=O)[C@@H]1COCCN1CC(=O)Nc1cccc(N2CCCC2=O)c1. The highest BCUT2D eigenvalue weighted by molar-refractivity contribution is 5.97. The molecule has 0 unspecified atom stereocenters. The number of primary amides is 1. The van der Waals surface area contributed by atoms with Crippen LogP contribution in [0.15, 0.2) is 24.3 Å². The van der Waals surface area contributed by atoms with E-state index < -0.39 is 11.9 Å². The Morgan fingerprint density at radius 1 is 1.32 bits per heavy atom. The van der Waals surface area contributed by atoms with E-state index >= 15 is 0 Å². The van der Waals surface area contributed by atoms with Crippen molar-refractivity contribution in [1.29, 1.82) is 0 Å². The first-order valence-electron chi connectivity index (χ1n) is 8.36. The van der Waals surface area contributed by atoms with Crippen LogP contribution in [0.4, 0.5) is 11.4 Å². The zero-order valence-corrected chi connectivity index (χ0v) is 13.9. The third kappa shape index (κ3) is 4.15. The smallest absolute Gasteiger partial charge is 0.238 e. The van der Waals surface area contributed by atoms with Gasteiger partial charge >= 0.3 is 0 Å². The Bertz CT molecular complexity index is 678. The molecule has 1 atom stereocenters. The Labute approximate surface area is 145 Å². The number of ether oxygens (including phenoxy) is 1. The molecule has 0 saturated carbocycles. The average Bonchev–Trinajstić information content (AvgIpc) is 3.01. The highest BCUT2D eigenvalue weighted by Crippen LogP contribution is 2.24. The van der Waals surface area contributed by atoms with Crippen LogP contribution in [0.2, 0.25) is 0 Å². The lowest BCUT2D eigenvalue weighted by Crippen LogP contribution is -2.54. The van der Waals surface area contributed by atoms with Crippen LogP contribution in [-0.2, 0) is 19.1 Å². The van der Waals surface area contributed by atoms with Crippen LogP contribution in [0.3, 0.4) is 0 Å². The molecule has 3 N–H and O–H groups in total. The highest BCUT2D eigenvalue weighted by atomic mass is 16.5. The highest BCUT2D eigenvalue weighted by Gasteiger charge is 2.29. The van der Waals surface area contributed by atoms with Crippen molar-refractivity contribution in [1.82, 2.24) is 4.90 Å². The van der Waals surface area contributed by atoms with Crippen LogP contribution < -0.4 is 16.0 Å². The predicted octanol–water partition coefficient (Wildman–Crippen LogP) is -0.0620. The van der Waals surface area contributed by atoms with Crippen molar-refractivity contribution in [2.45, 2.75) is 18.9 Å². The number of nitrogens with zero attached hydrogens (tertiary/aromatic N) is 2. The van der Waals surface area contributed by atoms with Gasteiger partial charge in [-0.1, -0.05) is 6.07 Å². The number of morpholine rings is 1. The lowest BCUT2D eigenvalue weighted by molar-refractivity contribution is -0.131. The lowest BCUT2D eigenvalue weighted by atomic mass is 10.2.